The van der Waals surface area contributed by atoms with Crippen molar-refractivity contribution in [1.82, 2.24) is 4.90 Å². The van der Waals surface area contributed by atoms with Gasteiger partial charge < -0.3 is 9.80 Å². The van der Waals surface area contributed by atoms with E-state index in [4.69, 9.17) is 0 Å². The summed E-state index contributed by atoms with van der Waals surface area (Å²) in [7, 11) is -3.98. The van der Waals surface area contributed by atoms with Crippen LogP contribution in [0.4, 0.5) is 20.2 Å². The van der Waals surface area contributed by atoms with Crippen LogP contribution in [0.1, 0.15) is 0 Å². The predicted molar refractivity (Wildman–Crippen MR) is 120 cm³/mol. The molecule has 1 aromatic heterocycles. The SMILES string of the molecule is O=C(CN(c1ccc(F)cc1)S(=O)(=O)c1cccs1)N1CCN(c2ccc(F)cc2)CC1. The summed E-state index contributed by atoms with van der Waals surface area (Å²) in [6.07, 6.45) is 0. The number of amides is 1. The van der Waals surface area contributed by atoms with Gasteiger partial charge in [-0.25, -0.2) is 17.2 Å². The molecule has 0 spiro atoms. The maximum absolute atomic E-state index is 13.4. The second-order valence-electron chi connectivity index (χ2n) is 7.26. The third-order valence-corrected chi connectivity index (χ3v) is 8.40. The molecule has 0 aliphatic carbocycles. The number of hydrogen-bond acceptors (Lipinski definition) is 5. The van der Waals surface area contributed by atoms with Crippen LogP contribution in [0.3, 0.4) is 0 Å². The van der Waals surface area contributed by atoms with Crippen molar-refractivity contribution < 1.29 is 22.0 Å². The summed E-state index contributed by atoms with van der Waals surface area (Å²) in [5.74, 6) is -1.14. The molecule has 4 rings (SSSR count). The van der Waals surface area contributed by atoms with E-state index in [1.807, 2.05) is 4.90 Å². The zero-order valence-electron chi connectivity index (χ0n) is 17.0. The van der Waals surface area contributed by atoms with Crippen LogP contribution in [0.2, 0.25) is 0 Å². The first-order valence-corrected chi connectivity index (χ1v) is 12.3. The van der Waals surface area contributed by atoms with Gasteiger partial charge in [-0.3, -0.25) is 9.10 Å². The van der Waals surface area contributed by atoms with Crippen LogP contribution < -0.4 is 9.21 Å². The highest BCUT2D eigenvalue weighted by Gasteiger charge is 2.31. The first-order chi connectivity index (χ1) is 15.3. The Hall–Kier alpha value is -2.98. The second kappa shape index (κ2) is 9.25. The van der Waals surface area contributed by atoms with Crippen molar-refractivity contribution in [3.05, 3.63) is 77.7 Å². The van der Waals surface area contributed by atoms with Crippen LogP contribution >= 0.6 is 11.3 Å². The van der Waals surface area contributed by atoms with Crippen LogP contribution in [0, 0.1) is 11.6 Å². The summed E-state index contributed by atoms with van der Waals surface area (Å²) < 4.78 is 54.1. The number of carbonyl (C=O) groups is 1. The largest absolute Gasteiger partial charge is 0.368 e. The Morgan fingerprint density at radius 3 is 2.06 bits per heavy atom. The number of piperazine rings is 1. The second-order valence-corrected chi connectivity index (χ2v) is 10.3. The highest BCUT2D eigenvalue weighted by Crippen LogP contribution is 2.27. The Bertz CT molecular complexity index is 1160. The van der Waals surface area contributed by atoms with Gasteiger partial charge >= 0.3 is 0 Å². The molecule has 6 nitrogen and oxygen atoms in total. The minimum atomic E-state index is -3.98. The van der Waals surface area contributed by atoms with Gasteiger partial charge in [0.1, 0.15) is 22.4 Å². The first-order valence-electron chi connectivity index (χ1n) is 9.95. The average molecular weight is 478 g/mol. The molecule has 0 saturated carbocycles. The fourth-order valence-electron chi connectivity index (χ4n) is 3.53. The normalized spacial score (nSPS) is 14.4. The van der Waals surface area contributed by atoms with E-state index in [-0.39, 0.29) is 28.2 Å². The molecule has 1 aliphatic rings. The minimum absolute atomic E-state index is 0.107. The third kappa shape index (κ3) is 4.76. The Balaban J connectivity index is 1.49. The summed E-state index contributed by atoms with van der Waals surface area (Å²) in [4.78, 5) is 16.7. The molecule has 0 bridgehead atoms. The van der Waals surface area contributed by atoms with Gasteiger partial charge in [0.05, 0.1) is 5.69 Å². The number of rotatable bonds is 6. The number of benzene rings is 2. The van der Waals surface area contributed by atoms with Crippen LogP contribution in [-0.2, 0) is 14.8 Å². The van der Waals surface area contributed by atoms with E-state index in [2.05, 4.69) is 0 Å². The number of hydrogen-bond donors (Lipinski definition) is 0. The topological polar surface area (TPSA) is 60.9 Å². The van der Waals surface area contributed by atoms with Crippen LogP contribution in [0.15, 0.2) is 70.3 Å². The molecule has 3 aromatic rings. The van der Waals surface area contributed by atoms with Crippen LogP contribution in [-0.4, -0.2) is 51.9 Å². The molecule has 0 N–H and O–H groups in total. The van der Waals surface area contributed by atoms with Crippen molar-refractivity contribution in [2.75, 3.05) is 41.9 Å². The molecule has 1 amide bonds. The van der Waals surface area contributed by atoms with Crippen molar-refractivity contribution in [2.45, 2.75) is 4.21 Å². The van der Waals surface area contributed by atoms with E-state index in [0.717, 1.165) is 33.5 Å². The van der Waals surface area contributed by atoms with Gasteiger partial charge in [0.2, 0.25) is 5.91 Å². The van der Waals surface area contributed by atoms with Gasteiger partial charge in [0.25, 0.3) is 10.0 Å². The van der Waals surface area contributed by atoms with Crippen LogP contribution in [0.5, 0.6) is 0 Å². The Morgan fingerprint density at radius 2 is 1.50 bits per heavy atom. The molecular formula is C22H21F2N3O3S2. The molecular weight excluding hydrogens is 456 g/mol. The number of nitrogens with zero attached hydrogens (tertiary/aromatic N) is 3. The molecule has 0 radical (unpaired) electrons. The van der Waals surface area contributed by atoms with E-state index < -0.39 is 15.8 Å². The Labute approximate surface area is 189 Å². The fraction of sp³-hybridized carbons (Fsp3) is 0.227. The van der Waals surface area contributed by atoms with Crippen molar-refractivity contribution in [1.29, 1.82) is 0 Å². The molecule has 0 atom stereocenters. The van der Waals surface area contributed by atoms with E-state index >= 15 is 0 Å². The number of sulfonamides is 1. The van der Waals surface area contributed by atoms with Crippen molar-refractivity contribution in [2.24, 2.45) is 0 Å². The number of anilines is 2. The van der Waals surface area contributed by atoms with Crippen molar-refractivity contribution in [3.8, 4) is 0 Å². The lowest BCUT2D eigenvalue weighted by atomic mass is 10.2. The number of thiophene rings is 1. The molecule has 0 unspecified atom stereocenters. The van der Waals surface area contributed by atoms with Gasteiger partial charge in [-0.15, -0.1) is 11.3 Å². The predicted octanol–water partition coefficient (Wildman–Crippen LogP) is 3.57. The van der Waals surface area contributed by atoms with Crippen molar-refractivity contribution in [3.63, 3.8) is 0 Å². The first kappa shape index (κ1) is 22.2. The summed E-state index contributed by atoms with van der Waals surface area (Å²) >= 11 is 1.06. The molecule has 168 valence electrons. The zero-order valence-corrected chi connectivity index (χ0v) is 18.7. The molecule has 1 saturated heterocycles. The van der Waals surface area contributed by atoms with Gasteiger partial charge in [-0.1, -0.05) is 6.07 Å². The Kier molecular flexibility index (Phi) is 6.43. The Morgan fingerprint density at radius 1 is 0.906 bits per heavy atom. The summed E-state index contributed by atoms with van der Waals surface area (Å²) in [6.45, 7) is 1.53. The number of halogens is 2. The smallest absolute Gasteiger partial charge is 0.274 e. The standard InChI is InChI=1S/C22H21F2N3O3S2/c23-17-3-7-19(8-4-17)25-11-13-26(14-12-25)21(28)16-27(20-9-5-18(24)6-10-20)32(29,30)22-2-1-15-31-22/h1-10,15H,11-14,16H2. The fourth-order valence-corrected chi connectivity index (χ4v) is 6.05. The monoisotopic (exact) mass is 477 g/mol. The molecule has 2 aromatic carbocycles. The van der Waals surface area contributed by atoms with E-state index in [1.54, 1.807) is 28.5 Å². The minimum Gasteiger partial charge on any atom is -0.368 e. The summed E-state index contributed by atoms with van der Waals surface area (Å²) in [5.41, 5.74) is 1.09. The molecule has 1 fully saturated rings. The van der Waals surface area contributed by atoms with E-state index in [0.29, 0.717) is 26.2 Å². The van der Waals surface area contributed by atoms with Crippen molar-refractivity contribution >= 4 is 38.6 Å². The molecule has 32 heavy (non-hydrogen) atoms. The maximum Gasteiger partial charge on any atom is 0.274 e. The highest BCUT2D eigenvalue weighted by atomic mass is 32.2. The van der Waals surface area contributed by atoms with Crippen LogP contribution in [0.25, 0.3) is 0 Å². The zero-order chi connectivity index (χ0) is 22.7. The lowest BCUT2D eigenvalue weighted by Crippen LogP contribution is -2.52. The van der Waals surface area contributed by atoms with Gasteiger partial charge in [-0.05, 0) is 60.0 Å². The van der Waals surface area contributed by atoms with E-state index in [9.17, 15) is 22.0 Å². The molecule has 10 heteroatoms. The summed E-state index contributed by atoms with van der Waals surface area (Å²) in [6, 6.07) is 14.3. The lowest BCUT2D eigenvalue weighted by Gasteiger charge is -2.37. The average Bonchev–Trinajstić information content (AvgIpc) is 3.35. The molecule has 1 aliphatic heterocycles. The quantitative estimate of drug-likeness (QED) is 0.545. The highest BCUT2D eigenvalue weighted by molar-refractivity contribution is 7.94. The van der Waals surface area contributed by atoms with Gasteiger partial charge in [-0.2, -0.15) is 0 Å². The maximum atomic E-state index is 13.4. The van der Waals surface area contributed by atoms with E-state index in [1.165, 1.54) is 30.3 Å². The molecule has 2 heterocycles. The lowest BCUT2D eigenvalue weighted by molar-refractivity contribution is -0.129. The van der Waals surface area contributed by atoms with Gasteiger partial charge in [0.15, 0.2) is 0 Å². The van der Waals surface area contributed by atoms with Gasteiger partial charge in [0, 0.05) is 31.9 Å². The summed E-state index contributed by atoms with van der Waals surface area (Å²) in [5, 5.41) is 1.65. The number of carbonyl (C=O) groups excluding carboxylic acids is 1. The third-order valence-electron chi connectivity index (χ3n) is 5.26.